The number of hydrogen-bond donors (Lipinski definition) is 4. The van der Waals surface area contributed by atoms with Crippen LogP contribution in [0.1, 0.15) is 38.8 Å². The molecule has 0 aliphatic carbocycles. The van der Waals surface area contributed by atoms with Gasteiger partial charge in [0.1, 0.15) is 27.8 Å². The van der Waals surface area contributed by atoms with Crippen molar-refractivity contribution in [2.24, 2.45) is 5.73 Å². The molecule has 0 fully saturated rings. The first-order valence-corrected chi connectivity index (χ1v) is 13.2. The zero-order chi connectivity index (χ0) is 28.7. The lowest BCUT2D eigenvalue weighted by Crippen LogP contribution is -2.27. The Kier molecular flexibility index (Phi) is 9.28. The number of carbonyl (C=O) groups is 2. The van der Waals surface area contributed by atoms with Gasteiger partial charge in [0.2, 0.25) is 10.0 Å². The monoisotopic (exact) mass is 555 g/mol. The molecule has 0 aromatic heterocycles. The molecule has 0 heterocycles. The van der Waals surface area contributed by atoms with Gasteiger partial charge in [-0.05, 0) is 60.4 Å². The fourth-order valence-electron chi connectivity index (χ4n) is 3.91. The number of benzene rings is 3. The van der Waals surface area contributed by atoms with Crippen molar-refractivity contribution < 1.29 is 37.3 Å². The molecule has 0 atom stereocenters. The van der Waals surface area contributed by atoms with E-state index in [-0.39, 0.29) is 42.1 Å². The number of carbonyl (C=O) groups excluding carboxylic acids is 2. The van der Waals surface area contributed by atoms with E-state index in [1.807, 2.05) is 0 Å². The summed E-state index contributed by atoms with van der Waals surface area (Å²) in [6, 6.07) is 13.5. The molecule has 3 rings (SSSR count). The quantitative estimate of drug-likeness (QED) is 0.157. The molecule has 0 radical (unpaired) electrons. The number of amidine groups is 1. The van der Waals surface area contributed by atoms with Gasteiger partial charge in [-0.15, -0.1) is 0 Å². The van der Waals surface area contributed by atoms with Gasteiger partial charge < -0.3 is 25.1 Å². The molecule has 0 spiro atoms. The summed E-state index contributed by atoms with van der Waals surface area (Å²) in [6.45, 7) is 1.66. The van der Waals surface area contributed by atoms with E-state index in [2.05, 4.69) is 4.72 Å². The topological polar surface area (TPSA) is 178 Å². The van der Waals surface area contributed by atoms with Crippen LogP contribution >= 0.6 is 0 Å². The molecule has 3 aromatic carbocycles. The Bertz CT molecular complexity index is 1520. The molecular formula is C27H29N3O8S. The number of aromatic hydroxyl groups is 1. The number of phenols is 1. The molecule has 0 saturated carbocycles. The highest BCUT2D eigenvalue weighted by Crippen LogP contribution is 2.33. The summed E-state index contributed by atoms with van der Waals surface area (Å²) in [5.74, 6) is -1.78. The Hall–Kier alpha value is -4.42. The van der Waals surface area contributed by atoms with Crippen molar-refractivity contribution in [3.05, 3.63) is 76.9 Å². The Morgan fingerprint density at radius 2 is 1.79 bits per heavy atom. The average Bonchev–Trinajstić information content (AvgIpc) is 2.92. The smallest absolute Gasteiger partial charge is 0.342 e. The summed E-state index contributed by atoms with van der Waals surface area (Å²) < 4.78 is 43.5. The molecule has 0 aliphatic heterocycles. The average molecular weight is 556 g/mol. The van der Waals surface area contributed by atoms with Crippen molar-refractivity contribution in [2.75, 3.05) is 27.4 Å². The van der Waals surface area contributed by atoms with E-state index in [9.17, 15) is 23.1 Å². The predicted octanol–water partition coefficient (Wildman–Crippen LogP) is 2.84. The lowest BCUT2D eigenvalue weighted by molar-refractivity contribution is 0.0524. The second-order valence-electron chi connectivity index (χ2n) is 8.21. The van der Waals surface area contributed by atoms with Gasteiger partial charge >= 0.3 is 11.9 Å². The highest BCUT2D eigenvalue weighted by molar-refractivity contribution is 7.89. The normalized spacial score (nSPS) is 11.1. The molecule has 11 nitrogen and oxygen atoms in total. The summed E-state index contributed by atoms with van der Waals surface area (Å²) in [5.41, 5.74) is 7.43. The summed E-state index contributed by atoms with van der Waals surface area (Å²) in [6.07, 6.45) is 0.1000. The van der Waals surface area contributed by atoms with Crippen LogP contribution in [0.4, 0.5) is 0 Å². The van der Waals surface area contributed by atoms with Crippen LogP contribution in [0.25, 0.3) is 11.1 Å². The minimum absolute atomic E-state index is 0.1000. The third-order valence-electron chi connectivity index (χ3n) is 5.80. The number of esters is 2. The van der Waals surface area contributed by atoms with E-state index in [4.69, 9.17) is 25.4 Å². The highest BCUT2D eigenvalue weighted by Gasteiger charge is 2.23. The lowest BCUT2D eigenvalue weighted by atomic mass is 9.94. The number of nitrogen functional groups attached to an aromatic ring is 1. The summed E-state index contributed by atoms with van der Waals surface area (Å²) in [4.78, 5) is 24.9. The molecule has 5 N–H and O–H groups in total. The van der Waals surface area contributed by atoms with Crippen LogP contribution in [-0.4, -0.2) is 58.7 Å². The van der Waals surface area contributed by atoms with E-state index in [1.54, 1.807) is 43.3 Å². The van der Waals surface area contributed by atoms with Crippen molar-refractivity contribution in [1.82, 2.24) is 4.72 Å². The van der Waals surface area contributed by atoms with Crippen LogP contribution in [0.5, 0.6) is 11.5 Å². The molecule has 39 heavy (non-hydrogen) atoms. The number of methoxy groups -OCH3 is 2. The molecule has 3 aromatic rings. The first-order valence-electron chi connectivity index (χ1n) is 11.8. The molecule has 0 amide bonds. The Morgan fingerprint density at radius 3 is 2.44 bits per heavy atom. The maximum atomic E-state index is 12.8. The maximum absolute atomic E-state index is 12.8. The zero-order valence-corrected chi connectivity index (χ0v) is 22.4. The van der Waals surface area contributed by atoms with Crippen LogP contribution in [0.3, 0.4) is 0 Å². The van der Waals surface area contributed by atoms with Gasteiger partial charge in [0.15, 0.2) is 0 Å². The fourth-order valence-corrected chi connectivity index (χ4v) is 5.06. The van der Waals surface area contributed by atoms with Gasteiger partial charge in [0.25, 0.3) is 0 Å². The van der Waals surface area contributed by atoms with Crippen molar-refractivity contribution in [3.8, 4) is 22.6 Å². The van der Waals surface area contributed by atoms with Gasteiger partial charge in [-0.3, -0.25) is 5.41 Å². The molecule has 0 unspecified atom stereocenters. The molecule has 206 valence electrons. The van der Waals surface area contributed by atoms with Gasteiger partial charge in [-0.25, -0.2) is 22.7 Å². The molecule has 0 saturated heterocycles. The van der Waals surface area contributed by atoms with Crippen molar-refractivity contribution >= 4 is 27.8 Å². The first kappa shape index (κ1) is 29.1. The Morgan fingerprint density at radius 1 is 1.05 bits per heavy atom. The van der Waals surface area contributed by atoms with Gasteiger partial charge in [-0.2, -0.15) is 0 Å². The summed E-state index contributed by atoms with van der Waals surface area (Å²) in [5, 5.41) is 17.6. The Labute approximate surface area is 226 Å². The van der Waals surface area contributed by atoms with E-state index in [0.717, 1.165) is 12.1 Å². The first-order chi connectivity index (χ1) is 18.5. The summed E-state index contributed by atoms with van der Waals surface area (Å²) in [7, 11) is -1.49. The molecular weight excluding hydrogens is 526 g/mol. The second kappa shape index (κ2) is 12.4. The zero-order valence-electron chi connectivity index (χ0n) is 21.6. The van der Waals surface area contributed by atoms with Crippen LogP contribution in [-0.2, 0) is 25.9 Å². The van der Waals surface area contributed by atoms with E-state index in [0.29, 0.717) is 22.4 Å². The van der Waals surface area contributed by atoms with Crippen molar-refractivity contribution in [3.63, 3.8) is 0 Å². The largest absolute Gasteiger partial charge is 0.507 e. The van der Waals surface area contributed by atoms with Gasteiger partial charge in [0, 0.05) is 12.1 Å². The van der Waals surface area contributed by atoms with Crippen molar-refractivity contribution in [1.29, 1.82) is 5.41 Å². The SMILES string of the molecule is CCOC(=O)c1cc(-c2cccc(OC)c2C(=O)OC)ccc1CCNS(=O)(=O)c1cc(C(=N)N)ccc1O. The van der Waals surface area contributed by atoms with E-state index >= 15 is 0 Å². The number of nitrogens with one attached hydrogen (secondary N) is 2. The molecule has 0 bridgehead atoms. The minimum Gasteiger partial charge on any atom is -0.507 e. The van der Waals surface area contributed by atoms with Crippen molar-refractivity contribution in [2.45, 2.75) is 18.2 Å². The second-order valence-corrected chi connectivity index (χ2v) is 9.95. The maximum Gasteiger partial charge on any atom is 0.342 e. The van der Waals surface area contributed by atoms with Crippen LogP contribution in [0, 0.1) is 5.41 Å². The molecule has 0 aliphatic rings. The van der Waals surface area contributed by atoms with Gasteiger partial charge in [0.05, 0.1) is 26.4 Å². The number of nitrogens with two attached hydrogens (primary N) is 1. The molecule has 12 heteroatoms. The highest BCUT2D eigenvalue weighted by atomic mass is 32.2. The minimum atomic E-state index is -4.17. The number of ether oxygens (including phenoxy) is 3. The standard InChI is InChI=1S/C27H29N3O8S/c1-4-38-26(32)20-14-17(19-6-5-7-22(36-2)24(19)27(33)37-3)9-8-16(20)12-13-30-39(34,35)23-15-18(25(28)29)10-11-21(23)31/h5-11,14-15,30-31H,4,12-13H2,1-3H3,(H3,28,29). The number of hydrogen-bond acceptors (Lipinski definition) is 9. The number of rotatable bonds is 11. The third-order valence-corrected chi connectivity index (χ3v) is 7.29. The lowest BCUT2D eigenvalue weighted by Gasteiger charge is -2.15. The van der Waals surface area contributed by atoms with E-state index in [1.165, 1.54) is 20.3 Å². The van der Waals surface area contributed by atoms with Gasteiger partial charge in [-0.1, -0.05) is 24.3 Å². The van der Waals surface area contributed by atoms with E-state index < -0.39 is 32.6 Å². The van der Waals surface area contributed by atoms with Crippen LogP contribution in [0.15, 0.2) is 59.5 Å². The number of sulfonamides is 1. The number of phenolic OH excluding ortho intramolecular Hbond substituents is 1. The Balaban J connectivity index is 1.95. The van der Waals surface area contributed by atoms with Crippen LogP contribution in [0.2, 0.25) is 0 Å². The predicted molar refractivity (Wildman–Crippen MR) is 144 cm³/mol. The third kappa shape index (κ3) is 6.54. The van der Waals surface area contributed by atoms with Crippen LogP contribution < -0.4 is 15.2 Å². The summed E-state index contributed by atoms with van der Waals surface area (Å²) >= 11 is 0. The fraction of sp³-hybridized carbons (Fsp3) is 0.222.